The van der Waals surface area contributed by atoms with Gasteiger partial charge in [-0.1, -0.05) is 6.08 Å². The van der Waals surface area contributed by atoms with E-state index in [1.54, 1.807) is 12.3 Å². The van der Waals surface area contributed by atoms with E-state index in [9.17, 15) is 19.5 Å². The van der Waals surface area contributed by atoms with Gasteiger partial charge in [0, 0.05) is 32.7 Å². The van der Waals surface area contributed by atoms with Gasteiger partial charge in [-0.25, -0.2) is 4.79 Å². The number of carbonyl (C=O) groups excluding carboxylic acids is 2. The maximum absolute atomic E-state index is 11.4. The van der Waals surface area contributed by atoms with Crippen LogP contribution in [0.15, 0.2) is 24.0 Å². The Kier molecular flexibility index (Phi) is 5.58. The summed E-state index contributed by atoms with van der Waals surface area (Å²) in [5, 5.41) is 18.6. The second-order valence-electron chi connectivity index (χ2n) is 5.39. The lowest BCUT2D eigenvalue weighted by Gasteiger charge is -2.30. The van der Waals surface area contributed by atoms with Gasteiger partial charge in [0.1, 0.15) is 6.10 Å². The van der Waals surface area contributed by atoms with Crippen molar-refractivity contribution >= 4 is 17.9 Å². The van der Waals surface area contributed by atoms with Crippen LogP contribution in [-0.2, 0) is 28.6 Å². The predicted octanol–water partition coefficient (Wildman–Crippen LogP) is -0.245. The van der Waals surface area contributed by atoms with Crippen LogP contribution in [0.25, 0.3) is 0 Å². The van der Waals surface area contributed by atoms with E-state index in [2.05, 4.69) is 0 Å². The molecule has 0 amide bonds. The van der Waals surface area contributed by atoms with Gasteiger partial charge in [-0.15, -0.1) is 0 Å². The number of aliphatic carboxylic acids is 1. The number of esters is 2. The SMILES string of the molecule is CC(=O)OC1C(CO)OC(N2C=CCC(C(=O)O)=C2)C1OC(C)=O. The fourth-order valence-corrected chi connectivity index (χ4v) is 2.62. The Morgan fingerprint density at radius 3 is 2.42 bits per heavy atom. The third-order valence-electron chi connectivity index (χ3n) is 3.56. The van der Waals surface area contributed by atoms with E-state index in [0.29, 0.717) is 0 Å². The Labute approximate surface area is 138 Å². The number of nitrogens with zero attached hydrogens (tertiary/aromatic N) is 1. The standard InChI is InChI=1S/C15H19NO8/c1-8(18)22-12-11(7-17)24-14(13(12)23-9(2)19)16-5-3-4-10(6-16)15(20)21/h3,5-6,11-14,17H,4,7H2,1-2H3,(H,20,21). The second-order valence-corrected chi connectivity index (χ2v) is 5.39. The Hall–Kier alpha value is -2.39. The molecule has 9 nitrogen and oxygen atoms in total. The smallest absolute Gasteiger partial charge is 0.333 e. The van der Waals surface area contributed by atoms with Crippen LogP contribution in [0.2, 0.25) is 0 Å². The van der Waals surface area contributed by atoms with Crippen molar-refractivity contribution in [1.82, 2.24) is 4.90 Å². The van der Waals surface area contributed by atoms with E-state index >= 15 is 0 Å². The Morgan fingerprint density at radius 2 is 1.88 bits per heavy atom. The highest BCUT2D eigenvalue weighted by atomic mass is 16.6. The minimum Gasteiger partial charge on any atom is -0.478 e. The molecule has 9 heteroatoms. The van der Waals surface area contributed by atoms with E-state index in [-0.39, 0.29) is 12.0 Å². The first-order chi connectivity index (χ1) is 11.3. The van der Waals surface area contributed by atoms with Crippen molar-refractivity contribution in [3.05, 3.63) is 24.0 Å². The number of aliphatic hydroxyl groups is 1. The fourth-order valence-electron chi connectivity index (χ4n) is 2.62. The normalized spacial score (nSPS) is 29.1. The van der Waals surface area contributed by atoms with Crippen LogP contribution >= 0.6 is 0 Å². The lowest BCUT2D eigenvalue weighted by Crippen LogP contribution is -2.44. The molecule has 2 rings (SSSR count). The lowest BCUT2D eigenvalue weighted by atomic mass is 10.1. The van der Waals surface area contributed by atoms with Crippen LogP contribution in [0.5, 0.6) is 0 Å². The molecule has 2 N–H and O–H groups in total. The van der Waals surface area contributed by atoms with Crippen LogP contribution in [0, 0.1) is 0 Å². The summed E-state index contributed by atoms with van der Waals surface area (Å²) >= 11 is 0. The molecule has 0 spiro atoms. The van der Waals surface area contributed by atoms with E-state index in [0.717, 1.165) is 0 Å². The maximum Gasteiger partial charge on any atom is 0.333 e. The summed E-state index contributed by atoms with van der Waals surface area (Å²) in [5.41, 5.74) is 0.124. The molecule has 0 radical (unpaired) electrons. The summed E-state index contributed by atoms with van der Waals surface area (Å²) in [4.78, 5) is 35.3. The summed E-state index contributed by atoms with van der Waals surface area (Å²) in [5.74, 6) is -2.31. The lowest BCUT2D eigenvalue weighted by molar-refractivity contribution is -0.166. The zero-order valence-electron chi connectivity index (χ0n) is 13.2. The number of ether oxygens (including phenoxy) is 3. The number of carboxylic acids is 1. The molecule has 0 aromatic heterocycles. The van der Waals surface area contributed by atoms with Crippen molar-refractivity contribution < 1.29 is 38.8 Å². The molecular weight excluding hydrogens is 322 g/mol. The highest BCUT2D eigenvalue weighted by Crippen LogP contribution is 2.31. The zero-order valence-corrected chi connectivity index (χ0v) is 13.2. The van der Waals surface area contributed by atoms with E-state index in [1.165, 1.54) is 24.9 Å². The van der Waals surface area contributed by atoms with Gasteiger partial charge in [-0.3, -0.25) is 9.59 Å². The molecule has 0 aromatic rings. The maximum atomic E-state index is 11.4. The number of carboxylic acid groups (broad SMARTS) is 1. The second kappa shape index (κ2) is 7.45. The summed E-state index contributed by atoms with van der Waals surface area (Å²) in [7, 11) is 0. The monoisotopic (exact) mass is 341 g/mol. The Balaban J connectivity index is 2.30. The van der Waals surface area contributed by atoms with Crippen molar-refractivity contribution in [2.75, 3.05) is 6.61 Å². The number of hydrogen-bond donors (Lipinski definition) is 2. The molecule has 4 unspecified atom stereocenters. The summed E-state index contributed by atoms with van der Waals surface area (Å²) in [6.07, 6.45) is 0.947. The number of aliphatic hydroxyl groups excluding tert-OH is 1. The van der Waals surface area contributed by atoms with Gasteiger partial charge in [-0.05, 0) is 0 Å². The number of hydrogen-bond acceptors (Lipinski definition) is 8. The fraction of sp³-hybridized carbons (Fsp3) is 0.533. The molecule has 1 fully saturated rings. The first-order valence-electron chi connectivity index (χ1n) is 7.32. The summed E-state index contributed by atoms with van der Waals surface area (Å²) < 4.78 is 16.0. The molecule has 0 aromatic carbocycles. The van der Waals surface area contributed by atoms with E-state index in [4.69, 9.17) is 19.3 Å². The van der Waals surface area contributed by atoms with Crippen molar-refractivity contribution in [2.45, 2.75) is 44.8 Å². The van der Waals surface area contributed by atoms with Crippen molar-refractivity contribution in [1.29, 1.82) is 0 Å². The Bertz CT molecular complexity index is 584. The highest BCUT2D eigenvalue weighted by Gasteiger charge is 2.50. The zero-order chi connectivity index (χ0) is 17.9. The average Bonchev–Trinajstić information content (AvgIpc) is 2.84. The molecule has 0 saturated carbocycles. The van der Waals surface area contributed by atoms with Crippen molar-refractivity contribution in [2.24, 2.45) is 0 Å². The molecular formula is C15H19NO8. The molecule has 1 saturated heterocycles. The van der Waals surface area contributed by atoms with Gasteiger partial charge >= 0.3 is 17.9 Å². The first kappa shape index (κ1) is 18.0. The van der Waals surface area contributed by atoms with Gasteiger partial charge in [0.15, 0.2) is 18.4 Å². The third-order valence-corrected chi connectivity index (χ3v) is 3.56. The summed E-state index contributed by atoms with van der Waals surface area (Å²) in [6, 6.07) is 0. The van der Waals surface area contributed by atoms with Crippen LogP contribution in [0.4, 0.5) is 0 Å². The van der Waals surface area contributed by atoms with Gasteiger partial charge in [0.2, 0.25) is 0 Å². The van der Waals surface area contributed by atoms with Gasteiger partial charge < -0.3 is 29.3 Å². The average molecular weight is 341 g/mol. The number of rotatable bonds is 5. The molecule has 2 heterocycles. The van der Waals surface area contributed by atoms with E-state index < -0.39 is 49.1 Å². The molecule has 132 valence electrons. The predicted molar refractivity (Wildman–Crippen MR) is 78.2 cm³/mol. The van der Waals surface area contributed by atoms with Crippen LogP contribution < -0.4 is 0 Å². The molecule has 4 atom stereocenters. The molecule has 0 bridgehead atoms. The van der Waals surface area contributed by atoms with Crippen LogP contribution in [0.3, 0.4) is 0 Å². The quantitative estimate of drug-likeness (QED) is 0.652. The number of carbonyl (C=O) groups is 3. The molecule has 24 heavy (non-hydrogen) atoms. The molecule has 2 aliphatic heterocycles. The summed E-state index contributed by atoms with van der Waals surface area (Å²) in [6.45, 7) is 1.92. The van der Waals surface area contributed by atoms with Gasteiger partial charge in [0.05, 0.1) is 12.2 Å². The Morgan fingerprint density at radius 1 is 1.25 bits per heavy atom. The highest BCUT2D eigenvalue weighted by molar-refractivity contribution is 5.87. The largest absolute Gasteiger partial charge is 0.478 e. The van der Waals surface area contributed by atoms with Crippen LogP contribution in [0.1, 0.15) is 20.3 Å². The minimum absolute atomic E-state index is 0.124. The molecule has 2 aliphatic rings. The van der Waals surface area contributed by atoms with Crippen molar-refractivity contribution in [3.8, 4) is 0 Å². The van der Waals surface area contributed by atoms with Crippen molar-refractivity contribution in [3.63, 3.8) is 0 Å². The topological polar surface area (TPSA) is 123 Å². The van der Waals surface area contributed by atoms with Gasteiger partial charge in [-0.2, -0.15) is 0 Å². The van der Waals surface area contributed by atoms with Crippen LogP contribution in [-0.4, -0.2) is 64.2 Å². The minimum atomic E-state index is -1.08. The molecule has 0 aliphatic carbocycles. The first-order valence-corrected chi connectivity index (χ1v) is 7.32. The number of allylic oxidation sites excluding steroid dienone is 1. The van der Waals surface area contributed by atoms with E-state index in [1.807, 2.05) is 0 Å². The third kappa shape index (κ3) is 3.92. The van der Waals surface area contributed by atoms with Gasteiger partial charge in [0.25, 0.3) is 0 Å².